The lowest BCUT2D eigenvalue weighted by molar-refractivity contribution is -0.120. The second-order valence-electron chi connectivity index (χ2n) is 5.30. The van der Waals surface area contributed by atoms with Gasteiger partial charge >= 0.3 is 0 Å². The van der Waals surface area contributed by atoms with Gasteiger partial charge in [-0.25, -0.2) is 8.42 Å². The van der Waals surface area contributed by atoms with Gasteiger partial charge in [0.2, 0.25) is 15.9 Å². The molecule has 0 bridgehead atoms. The molecule has 0 aromatic heterocycles. The van der Waals surface area contributed by atoms with Gasteiger partial charge in [-0.2, -0.15) is 0 Å². The Morgan fingerprint density at radius 3 is 2.62 bits per heavy atom. The predicted molar refractivity (Wildman–Crippen MR) is 84.1 cm³/mol. The van der Waals surface area contributed by atoms with E-state index in [9.17, 15) is 13.2 Å². The lowest BCUT2D eigenvalue weighted by Crippen LogP contribution is -2.27. The van der Waals surface area contributed by atoms with Crippen LogP contribution in [0, 0.1) is 11.8 Å². The van der Waals surface area contributed by atoms with Crippen molar-refractivity contribution in [2.24, 2.45) is 11.8 Å². The van der Waals surface area contributed by atoms with Crippen LogP contribution >= 0.6 is 11.6 Å². The minimum Gasteiger partial charge on any atom is -0.326 e. The van der Waals surface area contributed by atoms with Crippen LogP contribution in [0.1, 0.15) is 6.92 Å². The average Bonchev–Trinajstić information content (AvgIpc) is 2.77. The Bertz CT molecular complexity index is 648. The van der Waals surface area contributed by atoms with Crippen LogP contribution < -0.4 is 15.4 Å². The van der Waals surface area contributed by atoms with Crippen LogP contribution in [0.4, 0.5) is 11.4 Å². The van der Waals surface area contributed by atoms with Crippen LogP contribution in [0.5, 0.6) is 0 Å². The van der Waals surface area contributed by atoms with Gasteiger partial charge in [0.1, 0.15) is 0 Å². The van der Waals surface area contributed by atoms with Crippen LogP contribution in [0.2, 0.25) is 5.02 Å². The van der Waals surface area contributed by atoms with E-state index in [0.29, 0.717) is 12.2 Å². The number of nitrogens with one attached hydrogen (secondary N) is 3. The largest absolute Gasteiger partial charge is 0.326 e. The van der Waals surface area contributed by atoms with Crippen molar-refractivity contribution < 1.29 is 13.2 Å². The van der Waals surface area contributed by atoms with E-state index in [2.05, 4.69) is 15.4 Å². The summed E-state index contributed by atoms with van der Waals surface area (Å²) in [5.74, 6) is 0.150. The van der Waals surface area contributed by atoms with E-state index in [1.165, 1.54) is 12.1 Å². The lowest BCUT2D eigenvalue weighted by atomic mass is 9.97. The first-order chi connectivity index (χ1) is 9.76. The molecule has 1 fully saturated rings. The van der Waals surface area contributed by atoms with E-state index in [1.54, 1.807) is 6.07 Å². The van der Waals surface area contributed by atoms with Gasteiger partial charge in [0.25, 0.3) is 0 Å². The molecule has 6 nitrogen and oxygen atoms in total. The number of sulfonamides is 1. The Balaban J connectivity index is 2.08. The molecular formula is C13H18ClN3O3S. The fourth-order valence-electron chi connectivity index (χ4n) is 2.27. The number of carbonyl (C=O) groups is 1. The van der Waals surface area contributed by atoms with E-state index in [4.69, 9.17) is 11.6 Å². The van der Waals surface area contributed by atoms with Gasteiger partial charge in [-0.1, -0.05) is 18.5 Å². The Kier molecular flexibility index (Phi) is 4.75. The molecule has 8 heteroatoms. The van der Waals surface area contributed by atoms with Gasteiger partial charge < -0.3 is 10.6 Å². The number of rotatable bonds is 4. The van der Waals surface area contributed by atoms with Gasteiger partial charge in [0.15, 0.2) is 0 Å². The van der Waals surface area contributed by atoms with Crippen molar-refractivity contribution >= 4 is 38.9 Å². The molecule has 116 valence electrons. The summed E-state index contributed by atoms with van der Waals surface area (Å²) in [4.78, 5) is 12.1. The molecule has 0 spiro atoms. The molecule has 0 radical (unpaired) electrons. The minimum atomic E-state index is -3.39. The topological polar surface area (TPSA) is 87.3 Å². The molecule has 2 rings (SSSR count). The summed E-state index contributed by atoms with van der Waals surface area (Å²) in [7, 11) is -3.39. The molecule has 0 saturated carbocycles. The fourth-order valence-corrected chi connectivity index (χ4v) is 3.13. The smallest absolute Gasteiger partial charge is 0.229 e. The quantitative estimate of drug-likeness (QED) is 0.780. The summed E-state index contributed by atoms with van der Waals surface area (Å²) in [5.41, 5.74) is 0.830. The van der Waals surface area contributed by atoms with E-state index in [1.807, 2.05) is 6.92 Å². The van der Waals surface area contributed by atoms with Crippen molar-refractivity contribution in [1.29, 1.82) is 0 Å². The van der Waals surface area contributed by atoms with Crippen molar-refractivity contribution in [2.45, 2.75) is 6.92 Å². The van der Waals surface area contributed by atoms with Crippen molar-refractivity contribution in [2.75, 3.05) is 29.4 Å². The zero-order valence-corrected chi connectivity index (χ0v) is 13.4. The highest BCUT2D eigenvalue weighted by molar-refractivity contribution is 7.92. The second kappa shape index (κ2) is 6.21. The molecule has 1 aliphatic heterocycles. The molecule has 0 aliphatic carbocycles. The molecule has 3 N–H and O–H groups in total. The first-order valence-electron chi connectivity index (χ1n) is 6.55. The van der Waals surface area contributed by atoms with Crippen LogP contribution in [0.15, 0.2) is 18.2 Å². The van der Waals surface area contributed by atoms with Crippen molar-refractivity contribution in [3.05, 3.63) is 23.2 Å². The Hall–Kier alpha value is -1.31. The van der Waals surface area contributed by atoms with Gasteiger partial charge in [0.05, 0.1) is 22.9 Å². The van der Waals surface area contributed by atoms with Gasteiger partial charge in [0, 0.05) is 12.2 Å². The SMILES string of the molecule is CC1CNCC1C(=O)Nc1ccc(NS(C)(=O)=O)c(Cl)c1. The maximum atomic E-state index is 12.1. The number of amides is 1. The molecule has 1 saturated heterocycles. The number of benzene rings is 1. The summed E-state index contributed by atoms with van der Waals surface area (Å²) >= 11 is 6.02. The molecule has 1 amide bonds. The standard InChI is InChI=1S/C13H18ClN3O3S/c1-8-6-15-7-10(8)13(18)16-9-3-4-12(11(14)5-9)17-21(2,19)20/h3-5,8,10,15,17H,6-7H2,1-2H3,(H,16,18). The van der Waals surface area contributed by atoms with Crippen LogP contribution in [-0.4, -0.2) is 33.7 Å². The molecule has 2 atom stereocenters. The van der Waals surface area contributed by atoms with Gasteiger partial charge in [-0.3, -0.25) is 9.52 Å². The highest BCUT2D eigenvalue weighted by Crippen LogP contribution is 2.27. The summed E-state index contributed by atoms with van der Waals surface area (Å²) in [6.45, 7) is 3.51. The maximum absolute atomic E-state index is 12.1. The first kappa shape index (κ1) is 16.1. The van der Waals surface area contributed by atoms with E-state index in [-0.39, 0.29) is 28.5 Å². The summed E-state index contributed by atoms with van der Waals surface area (Å²) in [6.07, 6.45) is 1.05. The number of halogens is 1. The van der Waals surface area contributed by atoms with Crippen LogP contribution in [-0.2, 0) is 14.8 Å². The predicted octanol–water partition coefficient (Wildman–Crippen LogP) is 1.51. The van der Waals surface area contributed by atoms with Crippen molar-refractivity contribution in [3.63, 3.8) is 0 Å². The number of anilines is 2. The zero-order chi connectivity index (χ0) is 15.6. The number of hydrogen-bond acceptors (Lipinski definition) is 4. The summed E-state index contributed by atoms with van der Waals surface area (Å²) in [6, 6.07) is 4.67. The molecule has 21 heavy (non-hydrogen) atoms. The highest BCUT2D eigenvalue weighted by Gasteiger charge is 2.29. The first-order valence-corrected chi connectivity index (χ1v) is 8.82. The number of carbonyl (C=O) groups excluding carboxylic acids is 1. The van der Waals surface area contributed by atoms with E-state index < -0.39 is 10.0 Å². The maximum Gasteiger partial charge on any atom is 0.229 e. The Labute approximate surface area is 129 Å². The molecule has 1 heterocycles. The molecule has 2 unspecified atom stereocenters. The average molecular weight is 332 g/mol. The van der Waals surface area contributed by atoms with Gasteiger partial charge in [-0.05, 0) is 30.7 Å². The molecule has 1 aromatic rings. The van der Waals surface area contributed by atoms with Crippen LogP contribution in [0.3, 0.4) is 0 Å². The molecular weight excluding hydrogens is 314 g/mol. The minimum absolute atomic E-state index is 0.0626. The zero-order valence-electron chi connectivity index (χ0n) is 11.8. The van der Waals surface area contributed by atoms with Crippen molar-refractivity contribution in [3.8, 4) is 0 Å². The Morgan fingerprint density at radius 1 is 1.38 bits per heavy atom. The highest BCUT2D eigenvalue weighted by atomic mass is 35.5. The number of hydrogen-bond donors (Lipinski definition) is 3. The molecule has 1 aromatic carbocycles. The lowest BCUT2D eigenvalue weighted by Gasteiger charge is -2.15. The fraction of sp³-hybridized carbons (Fsp3) is 0.462. The van der Waals surface area contributed by atoms with E-state index in [0.717, 1.165) is 12.8 Å². The van der Waals surface area contributed by atoms with E-state index >= 15 is 0 Å². The van der Waals surface area contributed by atoms with Gasteiger partial charge in [-0.15, -0.1) is 0 Å². The third-order valence-electron chi connectivity index (χ3n) is 3.39. The molecule has 1 aliphatic rings. The van der Waals surface area contributed by atoms with Crippen molar-refractivity contribution in [1.82, 2.24) is 5.32 Å². The van der Waals surface area contributed by atoms with Crippen LogP contribution in [0.25, 0.3) is 0 Å². The third kappa shape index (κ3) is 4.33. The Morgan fingerprint density at radius 2 is 2.10 bits per heavy atom. The monoisotopic (exact) mass is 331 g/mol. The second-order valence-corrected chi connectivity index (χ2v) is 7.46. The normalized spacial score (nSPS) is 22.0. The summed E-state index contributed by atoms with van der Waals surface area (Å²) in [5, 5.41) is 6.21. The third-order valence-corrected chi connectivity index (χ3v) is 4.29. The summed E-state index contributed by atoms with van der Waals surface area (Å²) < 4.78 is 24.7.